The number of nitrogen functional groups attached to an aromatic ring is 1. The van der Waals surface area contributed by atoms with Crippen molar-refractivity contribution in [2.24, 2.45) is 0 Å². The molecular formula is C23H33N5O4. The normalized spacial score (nSPS) is 16.7. The minimum atomic E-state index is -0.593. The summed E-state index contributed by atoms with van der Waals surface area (Å²) in [5, 5.41) is 0. The van der Waals surface area contributed by atoms with Gasteiger partial charge in [-0.1, -0.05) is 26.2 Å². The fourth-order valence-electron chi connectivity index (χ4n) is 4.63. The maximum absolute atomic E-state index is 13.7. The Hall–Kier alpha value is -2.81. The highest BCUT2D eigenvalue weighted by Gasteiger charge is 2.36. The van der Waals surface area contributed by atoms with Crippen LogP contribution in [0.2, 0.25) is 0 Å². The van der Waals surface area contributed by atoms with Crippen molar-refractivity contribution in [2.75, 3.05) is 17.2 Å². The van der Waals surface area contributed by atoms with E-state index in [2.05, 4.69) is 9.88 Å². The molecule has 2 aromatic rings. The van der Waals surface area contributed by atoms with Gasteiger partial charge < -0.3 is 15.1 Å². The highest BCUT2D eigenvalue weighted by atomic mass is 16.3. The number of H-pyrrole nitrogens is 1. The lowest BCUT2D eigenvalue weighted by Crippen LogP contribution is -2.49. The van der Waals surface area contributed by atoms with Crippen LogP contribution in [0.5, 0.6) is 0 Å². The monoisotopic (exact) mass is 443 g/mol. The minimum absolute atomic E-state index is 0.0801. The summed E-state index contributed by atoms with van der Waals surface area (Å²) >= 11 is 0. The fourth-order valence-corrected chi connectivity index (χ4v) is 4.63. The lowest BCUT2D eigenvalue weighted by Gasteiger charge is -2.32. The lowest BCUT2D eigenvalue weighted by molar-refractivity contribution is -0.120. The Bertz CT molecular complexity index is 1030. The van der Waals surface area contributed by atoms with Crippen molar-refractivity contribution in [2.45, 2.75) is 83.5 Å². The van der Waals surface area contributed by atoms with E-state index in [0.29, 0.717) is 19.1 Å². The summed E-state index contributed by atoms with van der Waals surface area (Å²) in [7, 11) is 0. The summed E-state index contributed by atoms with van der Waals surface area (Å²) in [4.78, 5) is 45.1. The first-order valence-corrected chi connectivity index (χ1v) is 11.7. The molecule has 2 aliphatic rings. The second kappa shape index (κ2) is 9.77. The quantitative estimate of drug-likeness (QED) is 0.582. The molecule has 9 nitrogen and oxygen atoms in total. The van der Waals surface area contributed by atoms with E-state index in [1.165, 1.54) is 4.57 Å². The number of unbranched alkanes of at least 4 members (excludes halogenated alkanes) is 1. The summed E-state index contributed by atoms with van der Waals surface area (Å²) in [6.45, 7) is 3.15. The SMILES string of the molecule is CCCCn1c(N)c(N(C(=O)CN(Cc2ccco2)C2CC2)C2CCCC2)c(=O)[nH]c1=O. The number of furan rings is 1. The molecule has 2 fully saturated rings. The van der Waals surface area contributed by atoms with Crippen molar-refractivity contribution in [1.82, 2.24) is 14.5 Å². The van der Waals surface area contributed by atoms with Crippen LogP contribution >= 0.6 is 0 Å². The summed E-state index contributed by atoms with van der Waals surface area (Å²) < 4.78 is 6.88. The van der Waals surface area contributed by atoms with Crippen LogP contribution in [0.25, 0.3) is 0 Å². The minimum Gasteiger partial charge on any atom is -0.468 e. The molecule has 0 spiro atoms. The Morgan fingerprint density at radius 1 is 1.22 bits per heavy atom. The first-order valence-electron chi connectivity index (χ1n) is 11.7. The lowest BCUT2D eigenvalue weighted by atomic mass is 10.1. The summed E-state index contributed by atoms with van der Waals surface area (Å²) in [5.74, 6) is 0.729. The van der Waals surface area contributed by atoms with Gasteiger partial charge in [-0.25, -0.2) is 4.79 Å². The van der Waals surface area contributed by atoms with Crippen LogP contribution in [0.3, 0.4) is 0 Å². The zero-order valence-electron chi connectivity index (χ0n) is 18.7. The van der Waals surface area contributed by atoms with Gasteiger partial charge in [0.2, 0.25) is 5.91 Å². The molecule has 0 bridgehead atoms. The number of hydrogen-bond donors (Lipinski definition) is 2. The number of nitrogens with one attached hydrogen (secondary N) is 1. The van der Waals surface area contributed by atoms with Gasteiger partial charge in [0.05, 0.1) is 19.4 Å². The molecule has 0 atom stereocenters. The zero-order valence-corrected chi connectivity index (χ0v) is 18.7. The number of amides is 1. The zero-order chi connectivity index (χ0) is 22.7. The molecule has 32 heavy (non-hydrogen) atoms. The van der Waals surface area contributed by atoms with Crippen LogP contribution in [0.15, 0.2) is 32.4 Å². The Morgan fingerprint density at radius 3 is 2.59 bits per heavy atom. The van der Waals surface area contributed by atoms with Crippen LogP contribution in [0.1, 0.15) is 64.1 Å². The number of nitrogens with zero attached hydrogens (tertiary/aromatic N) is 3. The van der Waals surface area contributed by atoms with Crippen LogP contribution in [-0.4, -0.2) is 39.0 Å². The number of aromatic amines is 1. The summed E-state index contributed by atoms with van der Waals surface area (Å²) in [6.07, 6.45) is 9.00. The maximum Gasteiger partial charge on any atom is 0.330 e. The molecule has 4 rings (SSSR count). The molecule has 2 aliphatic carbocycles. The Kier molecular flexibility index (Phi) is 6.83. The standard InChI is InChI=1S/C23H33N5O4/c1-2-3-12-27-21(24)20(22(30)25-23(27)31)28(17-7-4-5-8-17)19(29)15-26(16-10-11-16)14-18-9-6-13-32-18/h6,9,13,16-17H,2-5,7-8,10-12,14-15,24H2,1H3,(H,25,30,31). The van der Waals surface area contributed by atoms with Gasteiger partial charge >= 0.3 is 5.69 Å². The third-order valence-corrected chi connectivity index (χ3v) is 6.49. The predicted octanol–water partition coefficient (Wildman–Crippen LogP) is 2.45. The number of nitrogens with two attached hydrogens (primary N) is 1. The van der Waals surface area contributed by atoms with Gasteiger partial charge in [-0.3, -0.25) is 24.0 Å². The predicted molar refractivity (Wildman–Crippen MR) is 123 cm³/mol. The second-order valence-corrected chi connectivity index (χ2v) is 8.92. The molecule has 9 heteroatoms. The number of aromatic nitrogens is 2. The Labute approximate surface area is 187 Å². The smallest absolute Gasteiger partial charge is 0.330 e. The van der Waals surface area contributed by atoms with Crippen molar-refractivity contribution in [3.8, 4) is 0 Å². The third-order valence-electron chi connectivity index (χ3n) is 6.49. The summed E-state index contributed by atoms with van der Waals surface area (Å²) in [5.41, 5.74) is 5.36. The van der Waals surface area contributed by atoms with E-state index in [9.17, 15) is 14.4 Å². The van der Waals surface area contributed by atoms with Crippen LogP contribution in [0, 0.1) is 0 Å². The van der Waals surface area contributed by atoms with Crippen LogP contribution in [-0.2, 0) is 17.9 Å². The van der Waals surface area contributed by atoms with Gasteiger partial charge in [0.1, 0.15) is 11.6 Å². The van der Waals surface area contributed by atoms with Gasteiger partial charge in [-0.05, 0) is 44.2 Å². The van der Waals surface area contributed by atoms with Crippen molar-refractivity contribution in [3.05, 3.63) is 45.0 Å². The van der Waals surface area contributed by atoms with Gasteiger partial charge in [0, 0.05) is 18.6 Å². The van der Waals surface area contributed by atoms with Gasteiger partial charge in [-0.2, -0.15) is 0 Å². The number of rotatable bonds is 10. The van der Waals surface area contributed by atoms with E-state index in [1.54, 1.807) is 11.2 Å². The number of carbonyl (C=O) groups excluding carboxylic acids is 1. The molecule has 174 valence electrons. The Morgan fingerprint density at radius 2 is 1.97 bits per heavy atom. The molecule has 0 aromatic carbocycles. The van der Waals surface area contributed by atoms with Gasteiger partial charge in [0.25, 0.3) is 5.56 Å². The fraction of sp³-hybridized carbons (Fsp3) is 0.609. The molecule has 0 unspecified atom stereocenters. The molecule has 2 aromatic heterocycles. The van der Waals surface area contributed by atoms with E-state index in [0.717, 1.165) is 57.1 Å². The average molecular weight is 444 g/mol. The topological polar surface area (TPSA) is 118 Å². The van der Waals surface area contributed by atoms with Crippen molar-refractivity contribution < 1.29 is 9.21 Å². The molecule has 3 N–H and O–H groups in total. The van der Waals surface area contributed by atoms with Crippen molar-refractivity contribution in [3.63, 3.8) is 0 Å². The first kappa shape index (κ1) is 22.4. The van der Waals surface area contributed by atoms with E-state index in [4.69, 9.17) is 10.2 Å². The average Bonchev–Trinajstić information content (AvgIpc) is 3.22. The highest BCUT2D eigenvalue weighted by molar-refractivity contribution is 5.97. The first-order chi connectivity index (χ1) is 15.5. The van der Waals surface area contributed by atoms with Crippen molar-refractivity contribution >= 4 is 17.4 Å². The highest BCUT2D eigenvalue weighted by Crippen LogP contribution is 2.32. The van der Waals surface area contributed by atoms with Gasteiger partial charge in [0.15, 0.2) is 5.69 Å². The van der Waals surface area contributed by atoms with Crippen molar-refractivity contribution in [1.29, 1.82) is 0 Å². The third kappa shape index (κ3) is 4.82. The molecule has 0 saturated heterocycles. The Balaban J connectivity index is 1.66. The van der Waals surface area contributed by atoms with Gasteiger partial charge in [-0.15, -0.1) is 0 Å². The van der Waals surface area contributed by atoms with Crippen LogP contribution < -0.4 is 21.9 Å². The van der Waals surface area contributed by atoms with E-state index >= 15 is 0 Å². The molecule has 2 saturated carbocycles. The number of hydrogen-bond acceptors (Lipinski definition) is 6. The molecule has 1 amide bonds. The summed E-state index contributed by atoms with van der Waals surface area (Å²) in [6, 6.07) is 3.99. The molecule has 0 aliphatic heterocycles. The molecule has 0 radical (unpaired) electrons. The number of carbonyl (C=O) groups is 1. The largest absolute Gasteiger partial charge is 0.468 e. The van der Waals surface area contributed by atoms with E-state index < -0.39 is 11.2 Å². The van der Waals surface area contributed by atoms with Crippen LogP contribution in [0.4, 0.5) is 11.5 Å². The number of anilines is 2. The van der Waals surface area contributed by atoms with E-state index in [-0.39, 0.29) is 30.0 Å². The maximum atomic E-state index is 13.7. The second-order valence-electron chi connectivity index (χ2n) is 8.92. The molecule has 2 heterocycles. The van der Waals surface area contributed by atoms with E-state index in [1.807, 2.05) is 19.1 Å². The molecular weight excluding hydrogens is 410 g/mol.